The van der Waals surface area contributed by atoms with E-state index in [-0.39, 0.29) is 11.5 Å². The maximum atomic E-state index is 12.0. The van der Waals surface area contributed by atoms with Crippen LogP contribution in [0.1, 0.15) is 22.5 Å². The normalized spacial score (nSPS) is 18.1. The van der Waals surface area contributed by atoms with Crippen LogP contribution in [0, 0.1) is 0 Å². The van der Waals surface area contributed by atoms with Gasteiger partial charge in [-0.15, -0.1) is 11.3 Å². The summed E-state index contributed by atoms with van der Waals surface area (Å²) in [6.45, 7) is 0.939. The average Bonchev–Trinajstić information content (AvgIpc) is 2.83. The predicted molar refractivity (Wildman–Crippen MR) is 66.3 cm³/mol. The molecule has 1 aromatic rings. The van der Waals surface area contributed by atoms with Gasteiger partial charge in [-0.2, -0.15) is 0 Å². The van der Waals surface area contributed by atoms with Gasteiger partial charge >= 0.3 is 0 Å². The fourth-order valence-electron chi connectivity index (χ4n) is 1.84. The molecule has 1 saturated heterocycles. The molecule has 0 aliphatic carbocycles. The molecule has 0 bridgehead atoms. The van der Waals surface area contributed by atoms with Crippen LogP contribution in [0.15, 0.2) is 17.5 Å². The van der Waals surface area contributed by atoms with E-state index in [1.54, 1.807) is 17.5 Å². The summed E-state index contributed by atoms with van der Waals surface area (Å²) in [6.07, 6.45) is 1.00. The molecule has 0 radical (unpaired) electrons. The van der Waals surface area contributed by atoms with Crippen LogP contribution in [0.2, 0.25) is 0 Å². The highest BCUT2D eigenvalue weighted by molar-refractivity contribution is 7.92. The zero-order chi connectivity index (χ0) is 12.3. The Kier molecular flexibility index (Phi) is 3.96. The Hall–Kier alpha value is -0.720. The molecule has 0 amide bonds. The Morgan fingerprint density at radius 3 is 2.71 bits per heavy atom. The van der Waals surface area contributed by atoms with E-state index in [1.807, 2.05) is 0 Å². The molecule has 0 atom stereocenters. The number of carbonyl (C=O) groups is 1. The molecule has 1 aliphatic heterocycles. The summed E-state index contributed by atoms with van der Waals surface area (Å²) < 4.78 is 29.2. The molecular weight excluding hydrogens is 260 g/mol. The van der Waals surface area contributed by atoms with Crippen LogP contribution < -0.4 is 0 Å². The Bertz CT molecular complexity index is 470. The van der Waals surface area contributed by atoms with Crippen LogP contribution in [0.3, 0.4) is 0 Å². The standard InChI is InChI=1S/C11H14O4S2/c12-10(11-2-1-7-16-11)8-17(13,14)9-3-5-15-6-4-9/h1-2,7,9H,3-6,8H2. The molecule has 1 aliphatic rings. The van der Waals surface area contributed by atoms with Crippen molar-refractivity contribution in [3.8, 4) is 0 Å². The van der Waals surface area contributed by atoms with Crippen LogP contribution in [0.4, 0.5) is 0 Å². The van der Waals surface area contributed by atoms with E-state index in [9.17, 15) is 13.2 Å². The molecule has 1 aromatic heterocycles. The van der Waals surface area contributed by atoms with Gasteiger partial charge in [-0.05, 0) is 24.3 Å². The molecule has 2 rings (SSSR count). The van der Waals surface area contributed by atoms with Crippen molar-refractivity contribution in [2.75, 3.05) is 19.0 Å². The molecule has 0 N–H and O–H groups in total. The van der Waals surface area contributed by atoms with Crippen LogP contribution in [0.5, 0.6) is 0 Å². The van der Waals surface area contributed by atoms with Gasteiger partial charge in [0.15, 0.2) is 15.6 Å². The topological polar surface area (TPSA) is 60.4 Å². The van der Waals surface area contributed by atoms with Crippen molar-refractivity contribution in [3.05, 3.63) is 22.4 Å². The van der Waals surface area contributed by atoms with Gasteiger partial charge < -0.3 is 4.74 Å². The molecule has 2 heterocycles. The van der Waals surface area contributed by atoms with E-state index >= 15 is 0 Å². The van der Waals surface area contributed by atoms with Gasteiger partial charge in [0.05, 0.1) is 10.1 Å². The lowest BCUT2D eigenvalue weighted by Gasteiger charge is -2.21. The summed E-state index contributed by atoms with van der Waals surface area (Å²) in [7, 11) is -3.33. The van der Waals surface area contributed by atoms with Gasteiger partial charge in [0.1, 0.15) is 5.75 Å². The summed E-state index contributed by atoms with van der Waals surface area (Å²) in [5.74, 6) is -0.676. The highest BCUT2D eigenvalue weighted by atomic mass is 32.2. The SMILES string of the molecule is O=C(CS(=O)(=O)C1CCOCC1)c1cccs1. The monoisotopic (exact) mass is 274 g/mol. The first-order chi connectivity index (χ1) is 8.09. The first-order valence-corrected chi connectivity index (χ1v) is 8.05. The van der Waals surface area contributed by atoms with E-state index in [2.05, 4.69) is 0 Å². The summed E-state index contributed by atoms with van der Waals surface area (Å²) in [4.78, 5) is 12.3. The van der Waals surface area contributed by atoms with Gasteiger partial charge in [-0.1, -0.05) is 6.07 Å². The van der Waals surface area contributed by atoms with Crippen molar-refractivity contribution in [2.24, 2.45) is 0 Å². The van der Waals surface area contributed by atoms with Crippen molar-refractivity contribution in [1.29, 1.82) is 0 Å². The van der Waals surface area contributed by atoms with E-state index < -0.39 is 15.1 Å². The van der Waals surface area contributed by atoms with Crippen molar-refractivity contribution in [2.45, 2.75) is 18.1 Å². The Morgan fingerprint density at radius 2 is 2.12 bits per heavy atom. The highest BCUT2D eigenvalue weighted by Gasteiger charge is 2.30. The number of thiophene rings is 1. The van der Waals surface area contributed by atoms with E-state index in [4.69, 9.17) is 4.74 Å². The number of ketones is 1. The smallest absolute Gasteiger partial charge is 0.187 e. The number of hydrogen-bond acceptors (Lipinski definition) is 5. The second-order valence-corrected chi connectivity index (χ2v) is 7.25. The van der Waals surface area contributed by atoms with Crippen molar-refractivity contribution >= 4 is 27.0 Å². The summed E-state index contributed by atoms with van der Waals surface area (Å²) in [5.41, 5.74) is 0. The minimum atomic E-state index is -3.33. The maximum Gasteiger partial charge on any atom is 0.187 e. The Morgan fingerprint density at radius 1 is 1.41 bits per heavy atom. The first kappa shape index (κ1) is 12.7. The zero-order valence-corrected chi connectivity index (χ0v) is 10.9. The van der Waals surface area contributed by atoms with E-state index in [1.165, 1.54) is 11.3 Å². The number of hydrogen-bond donors (Lipinski definition) is 0. The van der Waals surface area contributed by atoms with E-state index in [0.29, 0.717) is 30.9 Å². The largest absolute Gasteiger partial charge is 0.381 e. The number of carbonyl (C=O) groups excluding carboxylic acids is 1. The molecule has 6 heteroatoms. The molecule has 0 spiro atoms. The Labute approximate surface area is 105 Å². The summed E-state index contributed by atoms with van der Waals surface area (Å²) in [5, 5.41) is 1.36. The van der Waals surface area contributed by atoms with E-state index in [0.717, 1.165) is 0 Å². The third-order valence-electron chi connectivity index (χ3n) is 2.80. The molecule has 94 valence electrons. The molecule has 4 nitrogen and oxygen atoms in total. The van der Waals surface area contributed by atoms with Crippen LogP contribution in [-0.2, 0) is 14.6 Å². The zero-order valence-electron chi connectivity index (χ0n) is 9.29. The molecule has 0 aromatic carbocycles. The number of Topliss-reactive ketones (excluding diaryl/α,β-unsaturated/α-hetero) is 1. The van der Waals surface area contributed by atoms with Crippen molar-refractivity contribution in [3.63, 3.8) is 0 Å². The second kappa shape index (κ2) is 5.29. The highest BCUT2D eigenvalue weighted by Crippen LogP contribution is 2.18. The minimum absolute atomic E-state index is 0.300. The maximum absolute atomic E-state index is 12.0. The first-order valence-electron chi connectivity index (χ1n) is 5.45. The van der Waals surface area contributed by atoms with Gasteiger partial charge in [-0.3, -0.25) is 4.79 Å². The lowest BCUT2D eigenvalue weighted by atomic mass is 10.2. The van der Waals surface area contributed by atoms with Crippen LogP contribution in [-0.4, -0.2) is 38.4 Å². The summed E-state index contributed by atoms with van der Waals surface area (Å²) in [6, 6.07) is 3.41. The van der Waals surface area contributed by atoms with Crippen LogP contribution >= 0.6 is 11.3 Å². The lowest BCUT2D eigenvalue weighted by molar-refractivity contribution is 0.0972. The fraction of sp³-hybridized carbons (Fsp3) is 0.545. The number of ether oxygens (including phenoxy) is 1. The third-order valence-corrected chi connectivity index (χ3v) is 5.87. The number of rotatable bonds is 4. The molecule has 17 heavy (non-hydrogen) atoms. The summed E-state index contributed by atoms with van der Waals surface area (Å²) >= 11 is 1.28. The van der Waals surface area contributed by atoms with Gasteiger partial charge in [0.25, 0.3) is 0 Å². The lowest BCUT2D eigenvalue weighted by Crippen LogP contribution is -2.32. The Balaban J connectivity index is 2.04. The number of sulfone groups is 1. The van der Waals surface area contributed by atoms with Gasteiger partial charge in [0, 0.05) is 13.2 Å². The van der Waals surface area contributed by atoms with Gasteiger partial charge in [0.2, 0.25) is 0 Å². The van der Waals surface area contributed by atoms with Crippen molar-refractivity contribution < 1.29 is 17.9 Å². The minimum Gasteiger partial charge on any atom is -0.381 e. The predicted octanol–water partition coefficient (Wildman–Crippen LogP) is 1.52. The van der Waals surface area contributed by atoms with Gasteiger partial charge in [-0.25, -0.2) is 8.42 Å². The average molecular weight is 274 g/mol. The molecule has 1 fully saturated rings. The molecule has 0 saturated carbocycles. The quantitative estimate of drug-likeness (QED) is 0.781. The second-order valence-electron chi connectivity index (χ2n) is 4.02. The fourth-order valence-corrected chi connectivity index (χ4v) is 4.27. The third kappa shape index (κ3) is 3.14. The van der Waals surface area contributed by atoms with Crippen LogP contribution in [0.25, 0.3) is 0 Å². The molecule has 0 unspecified atom stereocenters. The molecular formula is C11H14O4S2. The van der Waals surface area contributed by atoms with Crippen molar-refractivity contribution in [1.82, 2.24) is 0 Å².